The summed E-state index contributed by atoms with van der Waals surface area (Å²) in [5.74, 6) is 0.724. The van der Waals surface area contributed by atoms with Crippen molar-refractivity contribution in [2.75, 3.05) is 51.2 Å². The Hall–Kier alpha value is -1.66. The standard InChI is InChI=1S/C18H29N5O/c1-21-8-4-15(5-9-21)14-17(19)18(24)23-12-10-22(11-13-23)16-2-6-20-7-3-16/h2-3,6-7,15,17H,4-5,8-14,19H2,1H3/t17-/m0/s1. The first-order valence-corrected chi connectivity index (χ1v) is 9.01. The van der Waals surface area contributed by atoms with Gasteiger partial charge in [0.05, 0.1) is 6.04 Å². The first kappa shape index (κ1) is 17.2. The Morgan fingerprint density at radius 2 is 1.79 bits per heavy atom. The highest BCUT2D eigenvalue weighted by atomic mass is 16.2. The molecule has 0 spiro atoms. The first-order valence-electron chi connectivity index (χ1n) is 9.01. The summed E-state index contributed by atoms with van der Waals surface area (Å²) in [7, 11) is 2.16. The summed E-state index contributed by atoms with van der Waals surface area (Å²) < 4.78 is 0. The number of carbonyl (C=O) groups excluding carboxylic acids is 1. The summed E-state index contributed by atoms with van der Waals surface area (Å²) >= 11 is 0. The van der Waals surface area contributed by atoms with Gasteiger partial charge in [-0.2, -0.15) is 0 Å². The first-order chi connectivity index (χ1) is 11.6. The molecule has 2 N–H and O–H groups in total. The molecular formula is C18H29N5O. The number of nitrogens with zero attached hydrogens (tertiary/aromatic N) is 4. The number of piperazine rings is 1. The van der Waals surface area contributed by atoms with Gasteiger partial charge in [-0.25, -0.2) is 0 Å². The van der Waals surface area contributed by atoms with Gasteiger partial charge in [-0.15, -0.1) is 0 Å². The molecule has 1 aromatic heterocycles. The maximum Gasteiger partial charge on any atom is 0.239 e. The van der Waals surface area contributed by atoms with Crippen LogP contribution in [0.1, 0.15) is 19.3 Å². The van der Waals surface area contributed by atoms with Gasteiger partial charge in [-0.1, -0.05) is 0 Å². The van der Waals surface area contributed by atoms with Crippen molar-refractivity contribution in [3.8, 4) is 0 Å². The molecule has 2 aliphatic rings. The number of hydrogen-bond donors (Lipinski definition) is 1. The van der Waals surface area contributed by atoms with Gasteiger partial charge in [-0.3, -0.25) is 9.78 Å². The van der Waals surface area contributed by atoms with E-state index in [1.165, 1.54) is 5.69 Å². The lowest BCUT2D eigenvalue weighted by Gasteiger charge is -2.37. The van der Waals surface area contributed by atoms with Crippen LogP contribution in [-0.2, 0) is 4.79 Å². The van der Waals surface area contributed by atoms with Gasteiger partial charge in [0.15, 0.2) is 0 Å². The Labute approximate surface area is 144 Å². The molecule has 6 heteroatoms. The van der Waals surface area contributed by atoms with E-state index in [1.54, 1.807) is 0 Å². The summed E-state index contributed by atoms with van der Waals surface area (Å²) in [5.41, 5.74) is 7.41. The SMILES string of the molecule is CN1CCC(C[C@H](N)C(=O)N2CCN(c3ccncc3)CC2)CC1. The second kappa shape index (κ2) is 7.94. The molecule has 1 aromatic rings. The average molecular weight is 331 g/mol. The quantitative estimate of drug-likeness (QED) is 0.884. The molecule has 0 aliphatic carbocycles. The maximum atomic E-state index is 12.6. The predicted molar refractivity (Wildman–Crippen MR) is 95.8 cm³/mol. The number of hydrogen-bond acceptors (Lipinski definition) is 5. The normalized spacial score (nSPS) is 21.8. The lowest BCUT2D eigenvalue weighted by Crippen LogP contribution is -2.53. The van der Waals surface area contributed by atoms with Crippen molar-refractivity contribution < 1.29 is 4.79 Å². The van der Waals surface area contributed by atoms with Gasteiger partial charge < -0.3 is 20.4 Å². The Balaban J connectivity index is 1.46. The second-order valence-electron chi connectivity index (χ2n) is 7.11. The van der Waals surface area contributed by atoms with Crippen LogP contribution >= 0.6 is 0 Å². The van der Waals surface area contributed by atoms with Gasteiger partial charge >= 0.3 is 0 Å². The van der Waals surface area contributed by atoms with Crippen molar-refractivity contribution in [2.45, 2.75) is 25.3 Å². The molecular weight excluding hydrogens is 302 g/mol. The zero-order valence-corrected chi connectivity index (χ0v) is 14.6. The van der Waals surface area contributed by atoms with Crippen molar-refractivity contribution in [1.29, 1.82) is 0 Å². The third kappa shape index (κ3) is 4.24. The van der Waals surface area contributed by atoms with Gasteiger partial charge in [0.1, 0.15) is 0 Å². The van der Waals surface area contributed by atoms with Crippen LogP contribution in [0.3, 0.4) is 0 Å². The van der Waals surface area contributed by atoms with E-state index in [1.807, 2.05) is 29.4 Å². The van der Waals surface area contributed by atoms with E-state index in [0.717, 1.165) is 58.5 Å². The number of nitrogens with two attached hydrogens (primary N) is 1. The molecule has 2 saturated heterocycles. The summed E-state index contributed by atoms with van der Waals surface area (Å²) in [5, 5.41) is 0. The Morgan fingerprint density at radius 3 is 2.42 bits per heavy atom. The van der Waals surface area contributed by atoms with E-state index < -0.39 is 0 Å². The second-order valence-corrected chi connectivity index (χ2v) is 7.11. The van der Waals surface area contributed by atoms with E-state index in [0.29, 0.717) is 5.92 Å². The summed E-state index contributed by atoms with van der Waals surface area (Å²) in [6.45, 7) is 5.46. The molecule has 2 aliphatic heterocycles. The highest BCUT2D eigenvalue weighted by Crippen LogP contribution is 2.22. The Kier molecular flexibility index (Phi) is 5.68. The van der Waals surface area contributed by atoms with E-state index in [9.17, 15) is 4.79 Å². The minimum absolute atomic E-state index is 0.128. The van der Waals surface area contributed by atoms with Gasteiger partial charge in [-0.05, 0) is 57.5 Å². The highest BCUT2D eigenvalue weighted by Gasteiger charge is 2.28. The number of carbonyl (C=O) groups is 1. The van der Waals surface area contributed by atoms with Crippen LogP contribution in [0.15, 0.2) is 24.5 Å². The van der Waals surface area contributed by atoms with Crippen LogP contribution < -0.4 is 10.6 Å². The number of aromatic nitrogens is 1. The number of likely N-dealkylation sites (tertiary alicyclic amines) is 1. The van der Waals surface area contributed by atoms with Gasteiger partial charge in [0.2, 0.25) is 5.91 Å². The molecule has 132 valence electrons. The summed E-state index contributed by atoms with van der Waals surface area (Å²) in [6.07, 6.45) is 6.77. The molecule has 3 rings (SSSR count). The predicted octanol–water partition coefficient (Wildman–Crippen LogP) is 0.789. The third-order valence-corrected chi connectivity index (χ3v) is 5.36. The summed E-state index contributed by atoms with van der Waals surface area (Å²) in [4.78, 5) is 23.3. The lowest BCUT2D eigenvalue weighted by atomic mass is 9.90. The molecule has 2 fully saturated rings. The fourth-order valence-electron chi connectivity index (χ4n) is 3.73. The molecule has 6 nitrogen and oxygen atoms in total. The molecule has 0 aromatic carbocycles. The maximum absolute atomic E-state index is 12.6. The minimum atomic E-state index is -0.342. The zero-order valence-electron chi connectivity index (χ0n) is 14.6. The summed E-state index contributed by atoms with van der Waals surface area (Å²) in [6, 6.07) is 3.69. The zero-order chi connectivity index (χ0) is 16.9. The van der Waals surface area contributed by atoms with Crippen LogP contribution in [-0.4, -0.2) is 73.0 Å². The van der Waals surface area contributed by atoms with Crippen LogP contribution in [0, 0.1) is 5.92 Å². The molecule has 24 heavy (non-hydrogen) atoms. The number of rotatable bonds is 4. The van der Waals surface area contributed by atoms with E-state index in [4.69, 9.17) is 5.73 Å². The number of anilines is 1. The largest absolute Gasteiger partial charge is 0.368 e. The Morgan fingerprint density at radius 1 is 1.17 bits per heavy atom. The van der Waals surface area contributed by atoms with Crippen LogP contribution in [0.2, 0.25) is 0 Å². The molecule has 0 saturated carbocycles. The van der Waals surface area contributed by atoms with Crippen molar-refractivity contribution in [3.05, 3.63) is 24.5 Å². The highest BCUT2D eigenvalue weighted by molar-refractivity contribution is 5.82. The molecule has 1 atom stereocenters. The number of piperidine rings is 1. The molecule has 0 radical (unpaired) electrons. The van der Waals surface area contributed by atoms with E-state index in [-0.39, 0.29) is 11.9 Å². The monoisotopic (exact) mass is 331 g/mol. The van der Waals surface area contributed by atoms with Crippen LogP contribution in [0.4, 0.5) is 5.69 Å². The van der Waals surface area contributed by atoms with E-state index >= 15 is 0 Å². The van der Waals surface area contributed by atoms with Crippen molar-refractivity contribution in [1.82, 2.24) is 14.8 Å². The van der Waals surface area contributed by atoms with Crippen molar-refractivity contribution in [3.63, 3.8) is 0 Å². The molecule has 0 bridgehead atoms. The average Bonchev–Trinajstić information content (AvgIpc) is 2.64. The minimum Gasteiger partial charge on any atom is -0.368 e. The van der Waals surface area contributed by atoms with Crippen molar-refractivity contribution >= 4 is 11.6 Å². The number of pyridine rings is 1. The lowest BCUT2D eigenvalue weighted by molar-refractivity contribution is -0.133. The third-order valence-electron chi connectivity index (χ3n) is 5.36. The molecule has 0 unspecified atom stereocenters. The number of amides is 1. The fourth-order valence-corrected chi connectivity index (χ4v) is 3.73. The smallest absolute Gasteiger partial charge is 0.239 e. The van der Waals surface area contributed by atoms with Gasteiger partial charge in [0.25, 0.3) is 0 Å². The molecule has 3 heterocycles. The van der Waals surface area contributed by atoms with E-state index in [2.05, 4.69) is 21.8 Å². The van der Waals surface area contributed by atoms with Crippen molar-refractivity contribution in [2.24, 2.45) is 11.7 Å². The Bertz CT molecular complexity index is 521. The van der Waals surface area contributed by atoms with Gasteiger partial charge in [0, 0.05) is 44.3 Å². The topological polar surface area (TPSA) is 65.7 Å². The molecule has 1 amide bonds. The fraction of sp³-hybridized carbons (Fsp3) is 0.667. The van der Waals surface area contributed by atoms with Crippen LogP contribution in [0.25, 0.3) is 0 Å². The van der Waals surface area contributed by atoms with Crippen LogP contribution in [0.5, 0.6) is 0 Å².